The number of benzene rings is 1. The van der Waals surface area contributed by atoms with Gasteiger partial charge in [0.1, 0.15) is 18.4 Å². The van der Waals surface area contributed by atoms with Crippen LogP contribution in [-0.4, -0.2) is 53.2 Å². The van der Waals surface area contributed by atoms with Crippen molar-refractivity contribution in [1.29, 1.82) is 0 Å². The van der Waals surface area contributed by atoms with Crippen LogP contribution in [-0.2, 0) is 21.4 Å². The highest BCUT2D eigenvalue weighted by molar-refractivity contribution is 7.92. The minimum atomic E-state index is -4.01. The number of nitrogens with zero attached hydrogens (tertiary/aromatic N) is 5. The number of carbonyl (C=O) groups is 1. The van der Waals surface area contributed by atoms with Gasteiger partial charge in [0, 0.05) is 11.8 Å². The largest absolute Gasteiger partial charge is 0.481 e. The molecule has 14 nitrogen and oxygen atoms in total. The van der Waals surface area contributed by atoms with Crippen molar-refractivity contribution in [3.63, 3.8) is 0 Å². The molecule has 0 saturated carbocycles. The Labute approximate surface area is 187 Å². The van der Waals surface area contributed by atoms with Crippen LogP contribution >= 0.6 is 0 Å². The van der Waals surface area contributed by atoms with Gasteiger partial charge in [0.05, 0.1) is 24.0 Å². The molecule has 0 aliphatic rings. The van der Waals surface area contributed by atoms with Gasteiger partial charge in [-0.15, -0.1) is 0 Å². The summed E-state index contributed by atoms with van der Waals surface area (Å²) in [4.78, 5) is 30.2. The molecular formula is C18H19N7O7S. The Morgan fingerprint density at radius 1 is 1.18 bits per heavy atom. The number of sulfonamides is 1. The maximum absolute atomic E-state index is 12.7. The smallest absolute Gasteiger partial charge is 0.321 e. The van der Waals surface area contributed by atoms with Crippen LogP contribution in [0.15, 0.2) is 41.4 Å². The molecule has 33 heavy (non-hydrogen) atoms. The first-order valence-electron chi connectivity index (χ1n) is 9.19. The summed E-state index contributed by atoms with van der Waals surface area (Å²) in [5.74, 6) is -0.448. The van der Waals surface area contributed by atoms with Crippen LogP contribution in [0.3, 0.4) is 0 Å². The highest BCUT2D eigenvalue weighted by Gasteiger charge is 2.18. The minimum absolute atomic E-state index is 0.0558. The number of aromatic nitrogens is 4. The van der Waals surface area contributed by atoms with Crippen LogP contribution in [0.5, 0.6) is 11.9 Å². The average Bonchev–Trinajstić information content (AvgIpc) is 3.13. The van der Waals surface area contributed by atoms with Crippen LogP contribution in [0.1, 0.15) is 5.69 Å². The number of hydrogen-bond donors (Lipinski definition) is 2. The Kier molecular flexibility index (Phi) is 6.72. The van der Waals surface area contributed by atoms with Crippen molar-refractivity contribution in [1.82, 2.24) is 19.7 Å². The molecule has 2 N–H and O–H groups in total. The lowest BCUT2D eigenvalue weighted by Gasteiger charge is -2.10. The lowest BCUT2D eigenvalue weighted by molar-refractivity contribution is -0.385. The molecule has 15 heteroatoms. The normalized spacial score (nSPS) is 11.0. The Morgan fingerprint density at radius 3 is 2.45 bits per heavy atom. The van der Waals surface area contributed by atoms with E-state index in [0.29, 0.717) is 5.69 Å². The van der Waals surface area contributed by atoms with E-state index in [1.165, 1.54) is 51.5 Å². The lowest BCUT2D eigenvalue weighted by Crippen LogP contribution is -2.19. The van der Waals surface area contributed by atoms with E-state index in [4.69, 9.17) is 9.47 Å². The van der Waals surface area contributed by atoms with Crippen LogP contribution in [0.25, 0.3) is 0 Å². The topological polar surface area (TPSA) is 180 Å². The van der Waals surface area contributed by atoms with Gasteiger partial charge >= 0.3 is 11.7 Å². The maximum atomic E-state index is 12.7. The summed E-state index contributed by atoms with van der Waals surface area (Å²) in [5, 5.41) is 17.4. The van der Waals surface area contributed by atoms with Gasteiger partial charge in [-0.3, -0.25) is 24.3 Å². The highest BCUT2D eigenvalue weighted by Crippen LogP contribution is 2.21. The number of rotatable bonds is 9. The molecule has 0 aliphatic carbocycles. The third-order valence-corrected chi connectivity index (χ3v) is 5.55. The van der Waals surface area contributed by atoms with Crippen molar-refractivity contribution < 1.29 is 27.6 Å². The number of nitro groups is 1. The van der Waals surface area contributed by atoms with E-state index in [-0.39, 0.29) is 40.5 Å². The second-order valence-electron chi connectivity index (χ2n) is 6.51. The van der Waals surface area contributed by atoms with Crippen molar-refractivity contribution in [2.75, 3.05) is 24.3 Å². The van der Waals surface area contributed by atoms with Gasteiger partial charge in [-0.2, -0.15) is 15.1 Å². The standard InChI is InChI=1S/C18H19N7O7S/c1-11-14(25(27)28)9-24(22-11)10-16(26)19-12-4-6-13(7-5-12)33(29,30)23-15-8-17(31-2)21-18(20-15)32-3/h4-9H,10H2,1-3H3,(H,19,26)(H,20,21,23). The molecule has 1 aromatic carbocycles. The number of carbonyl (C=O) groups excluding carboxylic acids is 1. The number of nitrogens with one attached hydrogen (secondary N) is 2. The molecule has 3 rings (SSSR count). The van der Waals surface area contributed by atoms with E-state index in [1.54, 1.807) is 0 Å². The van der Waals surface area contributed by atoms with Gasteiger partial charge in [0.15, 0.2) is 5.82 Å². The molecule has 0 unspecified atom stereocenters. The zero-order valence-electron chi connectivity index (χ0n) is 17.7. The zero-order valence-corrected chi connectivity index (χ0v) is 18.5. The predicted molar refractivity (Wildman–Crippen MR) is 115 cm³/mol. The summed E-state index contributed by atoms with van der Waals surface area (Å²) in [5.41, 5.74) is 0.320. The molecule has 0 atom stereocenters. The number of amides is 1. The summed E-state index contributed by atoms with van der Waals surface area (Å²) < 4.78 is 38.7. The third-order valence-electron chi connectivity index (χ3n) is 4.18. The molecular weight excluding hydrogens is 458 g/mol. The molecule has 2 heterocycles. The first kappa shape index (κ1) is 23.4. The number of hydrogen-bond acceptors (Lipinski definition) is 10. The van der Waals surface area contributed by atoms with Gasteiger partial charge in [-0.25, -0.2) is 8.42 Å². The fourth-order valence-corrected chi connectivity index (χ4v) is 3.67. The number of methoxy groups -OCH3 is 2. The molecule has 2 aromatic heterocycles. The van der Waals surface area contributed by atoms with Crippen molar-refractivity contribution >= 4 is 33.1 Å². The molecule has 0 bridgehead atoms. The van der Waals surface area contributed by atoms with Crippen LogP contribution in [0.2, 0.25) is 0 Å². The molecule has 0 fully saturated rings. The first-order valence-corrected chi connectivity index (χ1v) is 10.7. The third kappa shape index (κ3) is 5.70. The zero-order chi connectivity index (χ0) is 24.2. The number of anilines is 2. The van der Waals surface area contributed by atoms with E-state index in [9.17, 15) is 23.3 Å². The second kappa shape index (κ2) is 9.47. The predicted octanol–water partition coefficient (Wildman–Crippen LogP) is 1.35. The van der Waals surface area contributed by atoms with Gasteiger partial charge in [0.25, 0.3) is 10.0 Å². The number of aryl methyl sites for hydroxylation is 1. The van der Waals surface area contributed by atoms with Crippen molar-refractivity contribution in [2.45, 2.75) is 18.4 Å². The van der Waals surface area contributed by atoms with Gasteiger partial charge < -0.3 is 14.8 Å². The molecule has 3 aromatic rings. The van der Waals surface area contributed by atoms with Crippen molar-refractivity contribution in [3.8, 4) is 11.9 Å². The maximum Gasteiger partial charge on any atom is 0.321 e. The Bertz CT molecular complexity index is 1270. The van der Waals surface area contributed by atoms with Gasteiger partial charge in [-0.1, -0.05) is 0 Å². The molecule has 0 saturated heterocycles. The van der Waals surface area contributed by atoms with E-state index in [2.05, 4.69) is 25.1 Å². The van der Waals surface area contributed by atoms with Crippen LogP contribution in [0.4, 0.5) is 17.2 Å². The molecule has 0 radical (unpaired) electrons. The summed E-state index contributed by atoms with van der Waals surface area (Å²) in [6.07, 6.45) is 1.16. The average molecular weight is 477 g/mol. The molecule has 174 valence electrons. The van der Waals surface area contributed by atoms with Crippen molar-refractivity contribution in [3.05, 3.63) is 52.3 Å². The quantitative estimate of drug-likeness (QED) is 0.337. The lowest BCUT2D eigenvalue weighted by atomic mass is 10.3. The molecule has 0 aliphatic heterocycles. The van der Waals surface area contributed by atoms with E-state index < -0.39 is 20.9 Å². The van der Waals surface area contributed by atoms with E-state index in [1.807, 2.05) is 0 Å². The SMILES string of the molecule is COc1cc(NS(=O)(=O)c2ccc(NC(=O)Cn3cc([N+](=O)[O-])c(C)n3)cc2)nc(OC)n1. The number of ether oxygens (including phenoxy) is 2. The monoisotopic (exact) mass is 477 g/mol. The fourth-order valence-electron chi connectivity index (χ4n) is 2.68. The summed E-state index contributed by atoms with van der Waals surface area (Å²) in [6.45, 7) is 1.21. The summed E-state index contributed by atoms with van der Waals surface area (Å²) >= 11 is 0. The van der Waals surface area contributed by atoms with Gasteiger partial charge in [-0.05, 0) is 31.2 Å². The van der Waals surface area contributed by atoms with Crippen LogP contribution in [0, 0.1) is 17.0 Å². The Balaban J connectivity index is 1.68. The minimum Gasteiger partial charge on any atom is -0.481 e. The second-order valence-corrected chi connectivity index (χ2v) is 8.20. The Morgan fingerprint density at radius 2 is 1.88 bits per heavy atom. The highest BCUT2D eigenvalue weighted by atomic mass is 32.2. The van der Waals surface area contributed by atoms with Crippen molar-refractivity contribution in [2.24, 2.45) is 0 Å². The fraction of sp³-hybridized carbons (Fsp3) is 0.222. The molecule has 1 amide bonds. The Hall–Kier alpha value is -4.27. The van der Waals surface area contributed by atoms with Gasteiger partial charge in [0.2, 0.25) is 11.8 Å². The van der Waals surface area contributed by atoms with E-state index >= 15 is 0 Å². The van der Waals surface area contributed by atoms with E-state index in [0.717, 1.165) is 10.9 Å². The first-order chi connectivity index (χ1) is 15.6. The van der Waals surface area contributed by atoms with Crippen LogP contribution < -0.4 is 19.5 Å². The molecule has 0 spiro atoms. The summed E-state index contributed by atoms with van der Waals surface area (Å²) in [6, 6.07) is 6.57. The summed E-state index contributed by atoms with van der Waals surface area (Å²) in [7, 11) is -1.32.